The molecular formula is C20H26N2O4S. The number of amides is 1. The topological polar surface area (TPSA) is 84.5 Å². The van der Waals surface area contributed by atoms with E-state index in [-0.39, 0.29) is 30.5 Å². The molecule has 7 heteroatoms. The van der Waals surface area contributed by atoms with Crippen molar-refractivity contribution in [3.8, 4) is 5.75 Å². The van der Waals surface area contributed by atoms with Gasteiger partial charge in [0.15, 0.2) is 6.61 Å². The highest BCUT2D eigenvalue weighted by Gasteiger charge is 2.13. The standard InChI is InChI=1S/C20H26N2O4S/c1-4-17-8-10-18(11-9-17)27(24,25)22-13-12-21-20(23)14-26-19-7-5-6-15(2)16(19)3/h5-11,22H,4,12-14H2,1-3H3,(H,21,23). The molecule has 0 bridgehead atoms. The molecule has 2 aromatic rings. The number of hydrogen-bond acceptors (Lipinski definition) is 4. The third-order valence-electron chi connectivity index (χ3n) is 4.29. The summed E-state index contributed by atoms with van der Waals surface area (Å²) in [5.41, 5.74) is 3.16. The first-order chi connectivity index (χ1) is 12.8. The van der Waals surface area contributed by atoms with Crippen LogP contribution >= 0.6 is 0 Å². The summed E-state index contributed by atoms with van der Waals surface area (Å²) in [5.74, 6) is 0.365. The van der Waals surface area contributed by atoms with Crippen molar-refractivity contribution in [2.75, 3.05) is 19.7 Å². The fraction of sp³-hybridized carbons (Fsp3) is 0.350. The number of carbonyl (C=O) groups excluding carboxylic acids is 1. The van der Waals surface area contributed by atoms with E-state index >= 15 is 0 Å². The van der Waals surface area contributed by atoms with Crippen molar-refractivity contribution >= 4 is 15.9 Å². The maximum Gasteiger partial charge on any atom is 0.257 e. The Labute approximate surface area is 161 Å². The maximum atomic E-state index is 12.2. The number of hydrogen-bond donors (Lipinski definition) is 2. The first-order valence-corrected chi connectivity index (χ1v) is 10.4. The highest BCUT2D eigenvalue weighted by Crippen LogP contribution is 2.20. The number of rotatable bonds is 9. The third kappa shape index (κ3) is 6.08. The lowest BCUT2D eigenvalue weighted by Gasteiger charge is -2.11. The molecule has 146 valence electrons. The largest absolute Gasteiger partial charge is 0.483 e. The van der Waals surface area contributed by atoms with E-state index in [1.807, 2.05) is 39.0 Å². The van der Waals surface area contributed by atoms with Crippen LogP contribution in [0.15, 0.2) is 47.4 Å². The van der Waals surface area contributed by atoms with Crippen molar-refractivity contribution < 1.29 is 17.9 Å². The monoisotopic (exact) mass is 390 g/mol. The fourth-order valence-corrected chi connectivity index (χ4v) is 3.48. The van der Waals surface area contributed by atoms with Gasteiger partial charge in [0, 0.05) is 13.1 Å². The molecule has 2 aromatic carbocycles. The van der Waals surface area contributed by atoms with Gasteiger partial charge in [-0.15, -0.1) is 0 Å². The minimum Gasteiger partial charge on any atom is -0.483 e. The second-order valence-corrected chi connectivity index (χ2v) is 8.00. The number of aryl methyl sites for hydroxylation is 2. The molecule has 0 fully saturated rings. The maximum absolute atomic E-state index is 12.2. The van der Waals surface area contributed by atoms with E-state index in [0.29, 0.717) is 5.75 Å². The van der Waals surface area contributed by atoms with Gasteiger partial charge in [-0.25, -0.2) is 13.1 Å². The molecule has 0 radical (unpaired) electrons. The van der Waals surface area contributed by atoms with Crippen molar-refractivity contribution in [1.29, 1.82) is 0 Å². The first kappa shape index (κ1) is 20.9. The zero-order chi connectivity index (χ0) is 19.9. The van der Waals surface area contributed by atoms with Gasteiger partial charge in [-0.3, -0.25) is 4.79 Å². The molecule has 0 aromatic heterocycles. The summed E-state index contributed by atoms with van der Waals surface area (Å²) in [7, 11) is -3.58. The highest BCUT2D eigenvalue weighted by atomic mass is 32.2. The van der Waals surface area contributed by atoms with Crippen LogP contribution in [0.4, 0.5) is 0 Å². The minimum atomic E-state index is -3.58. The Bertz CT molecular complexity index is 877. The molecule has 6 nitrogen and oxygen atoms in total. The van der Waals surface area contributed by atoms with Crippen LogP contribution in [0.2, 0.25) is 0 Å². The molecule has 0 saturated carbocycles. The van der Waals surface area contributed by atoms with Gasteiger partial charge in [0.1, 0.15) is 5.75 Å². The number of ether oxygens (including phenoxy) is 1. The van der Waals surface area contributed by atoms with Gasteiger partial charge in [0.05, 0.1) is 4.90 Å². The smallest absolute Gasteiger partial charge is 0.257 e. The van der Waals surface area contributed by atoms with Gasteiger partial charge in [-0.2, -0.15) is 0 Å². The van der Waals surface area contributed by atoms with Crippen LogP contribution in [0.3, 0.4) is 0 Å². The van der Waals surface area contributed by atoms with Gasteiger partial charge in [-0.05, 0) is 55.2 Å². The van der Waals surface area contributed by atoms with Crippen LogP contribution in [0.25, 0.3) is 0 Å². The van der Waals surface area contributed by atoms with E-state index in [0.717, 1.165) is 23.1 Å². The summed E-state index contributed by atoms with van der Waals surface area (Å²) in [5, 5.41) is 2.64. The van der Waals surface area contributed by atoms with E-state index in [1.165, 1.54) is 0 Å². The predicted molar refractivity (Wildman–Crippen MR) is 105 cm³/mol. The molecule has 0 unspecified atom stereocenters. The van der Waals surface area contributed by atoms with Crippen molar-refractivity contribution in [2.24, 2.45) is 0 Å². The van der Waals surface area contributed by atoms with E-state index < -0.39 is 10.0 Å². The van der Waals surface area contributed by atoms with E-state index in [4.69, 9.17) is 4.74 Å². The molecule has 0 aliphatic heterocycles. The zero-order valence-corrected chi connectivity index (χ0v) is 16.7. The van der Waals surface area contributed by atoms with Gasteiger partial charge < -0.3 is 10.1 Å². The summed E-state index contributed by atoms with van der Waals surface area (Å²) in [6.07, 6.45) is 0.851. The van der Waals surface area contributed by atoms with Crippen molar-refractivity contribution in [3.05, 3.63) is 59.2 Å². The summed E-state index contributed by atoms with van der Waals surface area (Å²) >= 11 is 0. The van der Waals surface area contributed by atoms with Gasteiger partial charge >= 0.3 is 0 Å². The minimum absolute atomic E-state index is 0.104. The quantitative estimate of drug-likeness (QED) is 0.644. The van der Waals surface area contributed by atoms with Crippen molar-refractivity contribution in [1.82, 2.24) is 10.0 Å². The van der Waals surface area contributed by atoms with Gasteiger partial charge in [0.2, 0.25) is 10.0 Å². The molecular weight excluding hydrogens is 364 g/mol. The Morgan fingerprint density at radius 1 is 1.04 bits per heavy atom. The molecule has 0 aliphatic carbocycles. The Morgan fingerprint density at radius 2 is 1.74 bits per heavy atom. The molecule has 0 atom stereocenters. The summed E-state index contributed by atoms with van der Waals surface area (Å²) in [6, 6.07) is 12.4. The second kappa shape index (κ2) is 9.53. The lowest BCUT2D eigenvalue weighted by molar-refractivity contribution is -0.123. The Hall–Kier alpha value is -2.38. The number of benzene rings is 2. The normalized spacial score (nSPS) is 11.2. The Balaban J connectivity index is 1.75. The molecule has 0 aliphatic rings. The third-order valence-corrected chi connectivity index (χ3v) is 5.77. The van der Waals surface area contributed by atoms with Crippen molar-refractivity contribution in [2.45, 2.75) is 32.1 Å². The van der Waals surface area contributed by atoms with Crippen LogP contribution in [0, 0.1) is 13.8 Å². The summed E-state index contributed by atoms with van der Waals surface area (Å²) < 4.78 is 32.4. The molecule has 2 N–H and O–H groups in total. The highest BCUT2D eigenvalue weighted by molar-refractivity contribution is 7.89. The van der Waals surface area contributed by atoms with Crippen LogP contribution in [-0.4, -0.2) is 34.0 Å². The lowest BCUT2D eigenvalue weighted by Crippen LogP contribution is -2.36. The summed E-state index contributed by atoms with van der Waals surface area (Å²) in [4.78, 5) is 12.1. The average Bonchev–Trinajstić information content (AvgIpc) is 2.66. The molecule has 0 saturated heterocycles. The van der Waals surface area contributed by atoms with Crippen molar-refractivity contribution in [3.63, 3.8) is 0 Å². The van der Waals surface area contributed by atoms with Crippen LogP contribution < -0.4 is 14.8 Å². The number of nitrogens with one attached hydrogen (secondary N) is 2. The summed E-state index contributed by atoms with van der Waals surface area (Å²) in [6.45, 7) is 6.09. The van der Waals surface area contributed by atoms with Gasteiger partial charge in [0.25, 0.3) is 5.91 Å². The Kier molecular flexibility index (Phi) is 7.38. The molecule has 2 rings (SSSR count). The molecule has 27 heavy (non-hydrogen) atoms. The van der Waals surface area contributed by atoms with E-state index in [2.05, 4.69) is 10.0 Å². The number of sulfonamides is 1. The van der Waals surface area contributed by atoms with Crippen LogP contribution in [0.1, 0.15) is 23.6 Å². The zero-order valence-electron chi connectivity index (χ0n) is 15.9. The van der Waals surface area contributed by atoms with Gasteiger partial charge in [-0.1, -0.05) is 31.2 Å². The predicted octanol–water partition coefficient (Wildman–Crippen LogP) is 2.34. The lowest BCUT2D eigenvalue weighted by atomic mass is 10.1. The van der Waals surface area contributed by atoms with E-state index in [1.54, 1.807) is 24.3 Å². The Morgan fingerprint density at radius 3 is 2.41 bits per heavy atom. The SMILES string of the molecule is CCc1ccc(S(=O)(=O)NCCNC(=O)COc2cccc(C)c2C)cc1. The van der Waals surface area contributed by atoms with Crippen LogP contribution in [-0.2, 0) is 21.2 Å². The van der Waals surface area contributed by atoms with E-state index in [9.17, 15) is 13.2 Å². The first-order valence-electron chi connectivity index (χ1n) is 8.88. The molecule has 0 heterocycles. The average molecular weight is 391 g/mol. The number of carbonyl (C=O) groups is 1. The molecule has 1 amide bonds. The second-order valence-electron chi connectivity index (χ2n) is 6.23. The molecule has 0 spiro atoms. The fourth-order valence-electron chi connectivity index (χ4n) is 2.45. The van der Waals surface area contributed by atoms with Crippen LogP contribution in [0.5, 0.6) is 5.75 Å².